The van der Waals surface area contributed by atoms with Gasteiger partial charge in [0.25, 0.3) is 0 Å². The summed E-state index contributed by atoms with van der Waals surface area (Å²) in [5, 5.41) is 4.24. The standard InChI is InChI=1S/C13H11P/c1-2-5-11-10(4-1)7-8-13-12(11)6-3-9-14-13/h1-2,4-8H,3,9H2. The third kappa shape index (κ3) is 1.19. The van der Waals surface area contributed by atoms with Crippen molar-refractivity contribution in [2.75, 3.05) is 6.16 Å². The normalized spacial score (nSPS) is 15.4. The van der Waals surface area contributed by atoms with Gasteiger partial charge in [-0.05, 0) is 34.6 Å². The molecule has 1 aliphatic heterocycles. The van der Waals surface area contributed by atoms with Crippen molar-refractivity contribution in [2.45, 2.75) is 6.42 Å². The lowest BCUT2D eigenvalue weighted by atomic mass is 10.1. The van der Waals surface area contributed by atoms with Gasteiger partial charge in [0.2, 0.25) is 0 Å². The molecule has 0 N–H and O–H groups in total. The zero-order chi connectivity index (χ0) is 9.38. The van der Waals surface area contributed by atoms with Crippen LogP contribution in [0.5, 0.6) is 0 Å². The predicted octanol–water partition coefficient (Wildman–Crippen LogP) is 3.22. The van der Waals surface area contributed by atoms with Crippen LogP contribution in [0.25, 0.3) is 16.8 Å². The number of fused-ring (bicyclic) bond motifs is 3. The van der Waals surface area contributed by atoms with Crippen LogP contribution in [-0.4, -0.2) is 6.16 Å². The summed E-state index contributed by atoms with van der Waals surface area (Å²) in [6, 6.07) is 13.2. The van der Waals surface area contributed by atoms with E-state index in [2.05, 4.69) is 42.5 Å². The van der Waals surface area contributed by atoms with Crippen molar-refractivity contribution in [1.29, 1.82) is 0 Å². The minimum atomic E-state index is 1.22. The van der Waals surface area contributed by atoms with E-state index in [1.54, 1.807) is 0 Å². The SMILES string of the molecule is C1=c2c(ccc3ccccc23)=PCC1. The molecule has 0 saturated heterocycles. The van der Waals surface area contributed by atoms with Crippen LogP contribution in [0.4, 0.5) is 0 Å². The van der Waals surface area contributed by atoms with Gasteiger partial charge in [-0.1, -0.05) is 44.6 Å². The molecule has 0 unspecified atom stereocenters. The molecule has 0 spiro atoms. The number of hydrogen-bond donors (Lipinski definition) is 0. The van der Waals surface area contributed by atoms with Gasteiger partial charge in [-0.2, -0.15) is 0 Å². The smallest absolute Gasteiger partial charge is 0.00521 e. The Morgan fingerprint density at radius 3 is 2.93 bits per heavy atom. The predicted molar refractivity (Wildman–Crippen MR) is 63.3 cm³/mol. The first-order chi connectivity index (χ1) is 6.95. The monoisotopic (exact) mass is 198 g/mol. The molecule has 0 bridgehead atoms. The largest absolute Gasteiger partial charge is 0.0956 e. The Morgan fingerprint density at radius 1 is 1.00 bits per heavy atom. The number of rotatable bonds is 0. The second kappa shape index (κ2) is 3.22. The van der Waals surface area contributed by atoms with Gasteiger partial charge in [-0.25, -0.2) is 0 Å². The third-order valence-electron chi connectivity index (χ3n) is 2.71. The molecular weight excluding hydrogens is 187 g/mol. The Kier molecular flexibility index (Phi) is 1.89. The Morgan fingerprint density at radius 2 is 1.93 bits per heavy atom. The Bertz CT molecular complexity index is 596. The molecule has 2 aromatic rings. The second-order valence-electron chi connectivity index (χ2n) is 3.59. The highest BCUT2D eigenvalue weighted by Gasteiger charge is 1.98. The van der Waals surface area contributed by atoms with E-state index in [4.69, 9.17) is 0 Å². The lowest BCUT2D eigenvalue weighted by molar-refractivity contribution is 1.29. The molecule has 0 aromatic heterocycles. The first kappa shape index (κ1) is 8.20. The molecule has 0 fully saturated rings. The van der Waals surface area contributed by atoms with E-state index in [0.29, 0.717) is 0 Å². The highest BCUT2D eigenvalue weighted by atomic mass is 31.1. The van der Waals surface area contributed by atoms with Crippen LogP contribution < -0.4 is 5.22 Å². The van der Waals surface area contributed by atoms with Crippen LogP contribution in [-0.2, 0) is 0 Å². The van der Waals surface area contributed by atoms with Crippen LogP contribution in [0, 0.1) is 4.94 Å². The average Bonchev–Trinajstić information content (AvgIpc) is 2.29. The summed E-state index contributed by atoms with van der Waals surface area (Å²) in [5.41, 5.74) is 0. The van der Waals surface area contributed by atoms with Gasteiger partial charge in [0, 0.05) is 4.94 Å². The summed E-state index contributed by atoms with van der Waals surface area (Å²) in [4.78, 5) is 1.50. The molecule has 2 aromatic carbocycles. The average molecular weight is 198 g/mol. The Hall–Kier alpha value is -1.13. The van der Waals surface area contributed by atoms with Crippen molar-refractivity contribution in [2.24, 2.45) is 0 Å². The van der Waals surface area contributed by atoms with Crippen LogP contribution in [0.3, 0.4) is 0 Å². The number of hydrogen-bond acceptors (Lipinski definition) is 0. The van der Waals surface area contributed by atoms with Gasteiger partial charge in [0.1, 0.15) is 0 Å². The Labute approximate surface area is 84.7 Å². The summed E-state index contributed by atoms with van der Waals surface area (Å²) in [6.45, 7) is 0. The summed E-state index contributed by atoms with van der Waals surface area (Å²) >= 11 is 0. The molecule has 0 saturated carbocycles. The summed E-state index contributed by atoms with van der Waals surface area (Å²) in [7, 11) is 1.49. The summed E-state index contributed by atoms with van der Waals surface area (Å²) in [6.07, 6.45) is 4.89. The molecule has 68 valence electrons. The zero-order valence-electron chi connectivity index (χ0n) is 7.90. The molecule has 0 aliphatic carbocycles. The minimum Gasteiger partial charge on any atom is -0.0956 e. The maximum absolute atomic E-state index is 2.38. The van der Waals surface area contributed by atoms with Gasteiger partial charge >= 0.3 is 0 Å². The minimum absolute atomic E-state index is 1.22. The lowest BCUT2D eigenvalue weighted by Gasteiger charge is -2.03. The molecule has 1 heteroatoms. The van der Waals surface area contributed by atoms with E-state index < -0.39 is 0 Å². The number of benzene rings is 2. The molecule has 0 nitrogen and oxygen atoms in total. The highest BCUT2D eigenvalue weighted by Crippen LogP contribution is 2.15. The maximum Gasteiger partial charge on any atom is 0.00521 e. The van der Waals surface area contributed by atoms with Gasteiger partial charge in [0.05, 0.1) is 0 Å². The highest BCUT2D eigenvalue weighted by molar-refractivity contribution is 7.29. The van der Waals surface area contributed by atoms with Crippen molar-refractivity contribution in [3.63, 3.8) is 0 Å². The van der Waals surface area contributed by atoms with E-state index in [1.807, 2.05) is 0 Å². The topological polar surface area (TPSA) is 0 Å². The van der Waals surface area contributed by atoms with Gasteiger partial charge in [0.15, 0.2) is 0 Å². The zero-order valence-corrected chi connectivity index (χ0v) is 8.80. The quantitative estimate of drug-likeness (QED) is 0.570. The van der Waals surface area contributed by atoms with Gasteiger partial charge < -0.3 is 0 Å². The van der Waals surface area contributed by atoms with Crippen LogP contribution >= 0.6 is 8.20 Å². The first-order valence-electron chi connectivity index (χ1n) is 4.97. The van der Waals surface area contributed by atoms with Crippen LogP contribution in [0.1, 0.15) is 6.42 Å². The van der Waals surface area contributed by atoms with Gasteiger partial charge in [-0.15, -0.1) is 0 Å². The van der Waals surface area contributed by atoms with E-state index in [-0.39, 0.29) is 0 Å². The molecule has 14 heavy (non-hydrogen) atoms. The second-order valence-corrected chi connectivity index (χ2v) is 4.84. The summed E-state index contributed by atoms with van der Waals surface area (Å²) < 4.78 is 0. The fourth-order valence-electron chi connectivity index (χ4n) is 2.03. The van der Waals surface area contributed by atoms with Gasteiger partial charge in [-0.3, -0.25) is 0 Å². The third-order valence-corrected chi connectivity index (χ3v) is 3.92. The van der Waals surface area contributed by atoms with Crippen molar-refractivity contribution in [1.82, 2.24) is 0 Å². The molecule has 1 aliphatic rings. The summed E-state index contributed by atoms with van der Waals surface area (Å²) in [5.74, 6) is 0. The lowest BCUT2D eigenvalue weighted by Crippen LogP contribution is -2.06. The fourth-order valence-corrected chi connectivity index (χ4v) is 3.09. The van der Waals surface area contributed by atoms with Crippen molar-refractivity contribution < 1.29 is 0 Å². The van der Waals surface area contributed by atoms with E-state index >= 15 is 0 Å². The first-order valence-corrected chi connectivity index (χ1v) is 6.05. The van der Waals surface area contributed by atoms with E-state index in [0.717, 1.165) is 0 Å². The maximum atomic E-state index is 2.38. The molecule has 0 amide bonds. The van der Waals surface area contributed by atoms with E-state index in [9.17, 15) is 0 Å². The molecule has 0 atom stereocenters. The fraction of sp³-hybridized carbons (Fsp3) is 0.154. The van der Waals surface area contributed by atoms with Crippen molar-refractivity contribution in [3.8, 4) is 0 Å². The molecule has 0 radical (unpaired) electrons. The molecule has 1 heterocycles. The van der Waals surface area contributed by atoms with E-state index in [1.165, 1.54) is 41.7 Å². The van der Waals surface area contributed by atoms with Crippen molar-refractivity contribution in [3.05, 3.63) is 46.6 Å². The molecule has 3 rings (SSSR count). The van der Waals surface area contributed by atoms with Crippen LogP contribution in [0.15, 0.2) is 36.4 Å². The Balaban J connectivity index is 2.60. The molecular formula is C13H11P. The van der Waals surface area contributed by atoms with Crippen LogP contribution in [0.2, 0.25) is 0 Å². The van der Waals surface area contributed by atoms with Crippen molar-refractivity contribution >= 4 is 25.1 Å².